The quantitative estimate of drug-likeness (QED) is 0.821. The van der Waals surface area contributed by atoms with Gasteiger partial charge in [-0.15, -0.1) is 0 Å². The van der Waals surface area contributed by atoms with Crippen molar-refractivity contribution >= 4 is 5.91 Å². The molecule has 3 heteroatoms. The normalized spacial score (nSPS) is 10.6. The van der Waals surface area contributed by atoms with Gasteiger partial charge in [-0.3, -0.25) is 4.79 Å². The highest BCUT2D eigenvalue weighted by atomic mass is 16.5. The van der Waals surface area contributed by atoms with Gasteiger partial charge in [0.25, 0.3) is 0 Å². The monoisotopic (exact) mass is 263 g/mol. The fourth-order valence-corrected chi connectivity index (χ4v) is 1.96. The van der Waals surface area contributed by atoms with E-state index < -0.39 is 0 Å². The number of hydrogen-bond acceptors (Lipinski definition) is 2. The molecule has 0 saturated heterocycles. The van der Waals surface area contributed by atoms with E-state index in [-0.39, 0.29) is 5.91 Å². The van der Waals surface area contributed by atoms with Gasteiger partial charge in [-0.25, -0.2) is 0 Å². The fourth-order valence-electron chi connectivity index (χ4n) is 1.96. The molecule has 0 saturated carbocycles. The van der Waals surface area contributed by atoms with E-state index in [4.69, 9.17) is 4.74 Å². The first-order valence-electron chi connectivity index (χ1n) is 6.93. The smallest absolute Gasteiger partial charge is 0.220 e. The van der Waals surface area contributed by atoms with Crippen LogP contribution in [-0.4, -0.2) is 19.6 Å². The van der Waals surface area contributed by atoms with Crippen molar-refractivity contribution in [2.24, 2.45) is 5.92 Å². The molecule has 0 aliphatic carbocycles. The van der Waals surface area contributed by atoms with Gasteiger partial charge in [0.15, 0.2) is 0 Å². The van der Waals surface area contributed by atoms with Crippen molar-refractivity contribution in [3.05, 3.63) is 29.3 Å². The van der Waals surface area contributed by atoms with Gasteiger partial charge >= 0.3 is 0 Å². The summed E-state index contributed by atoms with van der Waals surface area (Å²) in [7, 11) is 1.68. The number of carbonyl (C=O) groups excluding carboxylic acids is 1. The summed E-state index contributed by atoms with van der Waals surface area (Å²) in [6, 6.07) is 6.19. The summed E-state index contributed by atoms with van der Waals surface area (Å²) >= 11 is 0. The summed E-state index contributed by atoms with van der Waals surface area (Å²) < 4.78 is 5.23. The predicted molar refractivity (Wildman–Crippen MR) is 78.5 cm³/mol. The van der Waals surface area contributed by atoms with Crippen molar-refractivity contribution in [2.75, 3.05) is 13.7 Å². The van der Waals surface area contributed by atoms with Gasteiger partial charge in [0.05, 0.1) is 7.11 Å². The molecule has 0 atom stereocenters. The van der Waals surface area contributed by atoms with Gasteiger partial charge in [-0.05, 0) is 42.9 Å². The fraction of sp³-hybridized carbons (Fsp3) is 0.562. The summed E-state index contributed by atoms with van der Waals surface area (Å²) in [4.78, 5) is 11.6. The van der Waals surface area contributed by atoms with Gasteiger partial charge < -0.3 is 10.1 Å². The Morgan fingerprint density at radius 1 is 1.37 bits per heavy atom. The van der Waals surface area contributed by atoms with Crippen LogP contribution < -0.4 is 10.1 Å². The van der Waals surface area contributed by atoms with Crippen LogP contribution in [0.5, 0.6) is 5.75 Å². The van der Waals surface area contributed by atoms with Crippen LogP contribution in [0.1, 0.15) is 37.8 Å². The van der Waals surface area contributed by atoms with E-state index in [0.29, 0.717) is 12.3 Å². The minimum Gasteiger partial charge on any atom is -0.496 e. The third-order valence-corrected chi connectivity index (χ3v) is 3.04. The highest BCUT2D eigenvalue weighted by Crippen LogP contribution is 2.19. The van der Waals surface area contributed by atoms with E-state index >= 15 is 0 Å². The summed E-state index contributed by atoms with van der Waals surface area (Å²) in [6.45, 7) is 7.00. The molecule has 0 radical (unpaired) electrons. The molecule has 1 aromatic rings. The second-order valence-corrected chi connectivity index (χ2v) is 5.36. The summed E-state index contributed by atoms with van der Waals surface area (Å²) in [5.74, 6) is 1.57. The van der Waals surface area contributed by atoms with Gasteiger partial charge in [-0.1, -0.05) is 26.0 Å². The summed E-state index contributed by atoms with van der Waals surface area (Å²) in [5, 5.41) is 2.94. The third kappa shape index (κ3) is 5.77. The van der Waals surface area contributed by atoms with Crippen LogP contribution >= 0.6 is 0 Å². The summed E-state index contributed by atoms with van der Waals surface area (Å²) in [6.07, 6.45) is 2.41. The van der Waals surface area contributed by atoms with Crippen LogP contribution in [0.2, 0.25) is 0 Å². The number of ether oxygens (including phenoxy) is 1. The Bertz CT molecular complexity index is 413. The van der Waals surface area contributed by atoms with Crippen LogP contribution in [0.25, 0.3) is 0 Å². The molecule has 0 heterocycles. The SMILES string of the molecule is COc1ccc(CCCC(=O)NCC(C)C)cc1C. The topological polar surface area (TPSA) is 38.3 Å². The highest BCUT2D eigenvalue weighted by Gasteiger charge is 2.04. The number of aryl methyl sites for hydroxylation is 2. The number of carbonyl (C=O) groups is 1. The molecule has 106 valence electrons. The van der Waals surface area contributed by atoms with Crippen LogP contribution in [0.15, 0.2) is 18.2 Å². The van der Waals surface area contributed by atoms with Crippen LogP contribution in [-0.2, 0) is 11.2 Å². The molecule has 19 heavy (non-hydrogen) atoms. The third-order valence-electron chi connectivity index (χ3n) is 3.04. The van der Waals surface area contributed by atoms with Gasteiger partial charge in [0.2, 0.25) is 5.91 Å². The zero-order chi connectivity index (χ0) is 14.3. The molecule has 0 unspecified atom stereocenters. The lowest BCUT2D eigenvalue weighted by Gasteiger charge is -2.09. The van der Waals surface area contributed by atoms with E-state index in [1.54, 1.807) is 7.11 Å². The Labute approximate surface area is 116 Å². The van der Waals surface area contributed by atoms with E-state index in [1.165, 1.54) is 5.56 Å². The van der Waals surface area contributed by atoms with Crippen LogP contribution in [0, 0.1) is 12.8 Å². The molecule has 0 bridgehead atoms. The minimum absolute atomic E-state index is 0.152. The van der Waals surface area contributed by atoms with Crippen LogP contribution in [0.3, 0.4) is 0 Å². The first-order valence-corrected chi connectivity index (χ1v) is 6.93. The molecule has 0 spiro atoms. The maximum Gasteiger partial charge on any atom is 0.220 e. The Hall–Kier alpha value is -1.51. The number of benzene rings is 1. The van der Waals surface area contributed by atoms with Crippen molar-refractivity contribution in [1.82, 2.24) is 5.32 Å². The number of nitrogens with one attached hydrogen (secondary N) is 1. The standard InChI is InChI=1S/C16H25NO2/c1-12(2)11-17-16(18)7-5-6-14-8-9-15(19-4)13(3)10-14/h8-10,12H,5-7,11H2,1-4H3,(H,17,18). The van der Waals surface area contributed by atoms with Gasteiger partial charge in [0.1, 0.15) is 5.75 Å². The lowest BCUT2D eigenvalue weighted by Crippen LogP contribution is -2.27. The molecule has 0 aliphatic rings. The second-order valence-electron chi connectivity index (χ2n) is 5.36. The first-order chi connectivity index (χ1) is 9.02. The van der Waals surface area contributed by atoms with E-state index in [2.05, 4.69) is 31.3 Å². The van der Waals surface area contributed by atoms with Crippen molar-refractivity contribution in [3.63, 3.8) is 0 Å². The minimum atomic E-state index is 0.152. The van der Waals surface area contributed by atoms with E-state index in [1.807, 2.05) is 13.0 Å². The van der Waals surface area contributed by atoms with Crippen molar-refractivity contribution in [2.45, 2.75) is 40.0 Å². The number of methoxy groups -OCH3 is 1. The maximum atomic E-state index is 11.6. The number of rotatable bonds is 7. The lowest BCUT2D eigenvalue weighted by atomic mass is 10.0. The first kappa shape index (κ1) is 15.5. The van der Waals surface area contributed by atoms with Gasteiger partial charge in [-0.2, -0.15) is 0 Å². The molecular formula is C16H25NO2. The summed E-state index contributed by atoms with van der Waals surface area (Å²) in [5.41, 5.74) is 2.40. The molecule has 1 aromatic carbocycles. The zero-order valence-electron chi connectivity index (χ0n) is 12.5. The highest BCUT2D eigenvalue weighted by molar-refractivity contribution is 5.75. The molecule has 1 amide bonds. The Kier molecular flexibility index (Phi) is 6.40. The second kappa shape index (κ2) is 7.82. The molecule has 1 N–H and O–H groups in total. The van der Waals surface area contributed by atoms with Crippen LogP contribution in [0.4, 0.5) is 0 Å². The lowest BCUT2D eigenvalue weighted by molar-refractivity contribution is -0.121. The van der Waals surface area contributed by atoms with Crippen molar-refractivity contribution in [1.29, 1.82) is 0 Å². The van der Waals surface area contributed by atoms with E-state index in [0.717, 1.165) is 30.7 Å². The molecule has 0 aliphatic heterocycles. The average molecular weight is 263 g/mol. The number of amides is 1. The van der Waals surface area contributed by atoms with Gasteiger partial charge in [0, 0.05) is 13.0 Å². The van der Waals surface area contributed by atoms with E-state index in [9.17, 15) is 4.79 Å². The molecule has 1 rings (SSSR count). The molecular weight excluding hydrogens is 238 g/mol. The Morgan fingerprint density at radius 3 is 2.68 bits per heavy atom. The molecule has 0 fully saturated rings. The Balaban J connectivity index is 2.33. The number of hydrogen-bond donors (Lipinski definition) is 1. The zero-order valence-corrected chi connectivity index (χ0v) is 12.5. The van der Waals surface area contributed by atoms with Crippen molar-refractivity contribution in [3.8, 4) is 5.75 Å². The molecule has 3 nitrogen and oxygen atoms in total. The average Bonchev–Trinajstić information content (AvgIpc) is 2.36. The predicted octanol–water partition coefficient (Wildman–Crippen LogP) is 3.10. The largest absolute Gasteiger partial charge is 0.496 e. The Morgan fingerprint density at radius 2 is 2.11 bits per heavy atom. The maximum absolute atomic E-state index is 11.6. The molecule has 0 aromatic heterocycles. The van der Waals surface area contributed by atoms with Crippen molar-refractivity contribution < 1.29 is 9.53 Å².